The number of carbonyl (C=O) groups excluding carboxylic acids is 1. The second-order valence-electron chi connectivity index (χ2n) is 4.90. The Hall–Kier alpha value is -1.75. The van der Waals surface area contributed by atoms with E-state index in [1.165, 1.54) is 20.3 Å². The van der Waals surface area contributed by atoms with Gasteiger partial charge in [-0.2, -0.15) is 0 Å². The summed E-state index contributed by atoms with van der Waals surface area (Å²) in [4.78, 5) is 11.7. The largest absolute Gasteiger partial charge is 0.504 e. The van der Waals surface area contributed by atoms with E-state index in [-0.39, 0.29) is 16.9 Å². The van der Waals surface area contributed by atoms with E-state index in [1.54, 1.807) is 6.07 Å². The average Bonchev–Trinajstić information content (AvgIpc) is 2.39. The van der Waals surface area contributed by atoms with Crippen LogP contribution in [0.5, 0.6) is 11.5 Å². The monoisotopic (exact) mass is 265 g/mol. The van der Waals surface area contributed by atoms with Crippen molar-refractivity contribution in [2.75, 3.05) is 20.8 Å². The molecule has 1 aliphatic carbocycles. The lowest BCUT2D eigenvalue weighted by Gasteiger charge is -2.42. The quantitative estimate of drug-likeness (QED) is 0.807. The Morgan fingerprint density at radius 3 is 2.53 bits per heavy atom. The number of phenolic OH excluding ortho intramolecular Hbond substituents is 1. The molecule has 0 saturated heterocycles. The number of hydrogen-bond acceptors (Lipinski definition) is 5. The van der Waals surface area contributed by atoms with Crippen LogP contribution in [0.1, 0.15) is 35.2 Å². The van der Waals surface area contributed by atoms with Crippen LogP contribution in [0, 0.1) is 0 Å². The summed E-state index contributed by atoms with van der Waals surface area (Å²) in [6.45, 7) is 0.439. The number of esters is 1. The molecule has 0 atom stereocenters. The normalized spacial score (nSPS) is 16.6. The van der Waals surface area contributed by atoms with E-state index in [9.17, 15) is 9.90 Å². The van der Waals surface area contributed by atoms with Crippen LogP contribution in [-0.4, -0.2) is 31.8 Å². The molecule has 104 valence electrons. The van der Waals surface area contributed by atoms with Crippen molar-refractivity contribution < 1.29 is 19.4 Å². The summed E-state index contributed by atoms with van der Waals surface area (Å²) in [7, 11) is 2.78. The molecule has 0 aliphatic heterocycles. The summed E-state index contributed by atoms with van der Waals surface area (Å²) in [6.07, 6.45) is 2.89. The fourth-order valence-corrected chi connectivity index (χ4v) is 2.59. The number of hydrogen-bond donors (Lipinski definition) is 2. The molecule has 3 N–H and O–H groups in total. The van der Waals surface area contributed by atoms with Crippen molar-refractivity contribution in [2.45, 2.75) is 24.7 Å². The highest BCUT2D eigenvalue weighted by Gasteiger charge is 2.40. The molecule has 5 nitrogen and oxygen atoms in total. The Labute approximate surface area is 112 Å². The van der Waals surface area contributed by atoms with E-state index in [4.69, 9.17) is 15.2 Å². The lowest BCUT2D eigenvalue weighted by Crippen LogP contribution is -2.41. The zero-order valence-corrected chi connectivity index (χ0v) is 11.2. The fraction of sp³-hybridized carbons (Fsp3) is 0.500. The van der Waals surface area contributed by atoms with Gasteiger partial charge >= 0.3 is 5.97 Å². The van der Waals surface area contributed by atoms with Gasteiger partial charge in [0.05, 0.1) is 19.8 Å². The van der Waals surface area contributed by atoms with Crippen LogP contribution < -0.4 is 10.5 Å². The number of rotatable bonds is 4. The van der Waals surface area contributed by atoms with Gasteiger partial charge < -0.3 is 20.3 Å². The molecule has 0 heterocycles. The SMILES string of the molecule is COC(=O)c1cc(OC)c(O)c(C2(CN)CCC2)c1. The maximum atomic E-state index is 11.7. The smallest absolute Gasteiger partial charge is 0.337 e. The molecular formula is C14H19NO4. The molecule has 1 aromatic carbocycles. The average molecular weight is 265 g/mol. The van der Waals surface area contributed by atoms with Gasteiger partial charge in [0.25, 0.3) is 0 Å². The number of aromatic hydroxyl groups is 1. The van der Waals surface area contributed by atoms with Crippen molar-refractivity contribution in [3.63, 3.8) is 0 Å². The van der Waals surface area contributed by atoms with Crippen LogP contribution in [0.3, 0.4) is 0 Å². The Bertz CT molecular complexity index is 489. The van der Waals surface area contributed by atoms with Gasteiger partial charge in [-0.3, -0.25) is 0 Å². The van der Waals surface area contributed by atoms with Gasteiger partial charge in [0.1, 0.15) is 0 Å². The molecule has 0 radical (unpaired) electrons. The van der Waals surface area contributed by atoms with Crippen LogP contribution in [0.4, 0.5) is 0 Å². The number of nitrogens with two attached hydrogens (primary N) is 1. The lowest BCUT2D eigenvalue weighted by molar-refractivity contribution is 0.0600. The van der Waals surface area contributed by atoms with Crippen LogP contribution in [0.25, 0.3) is 0 Å². The summed E-state index contributed by atoms with van der Waals surface area (Å²) >= 11 is 0. The van der Waals surface area contributed by atoms with E-state index >= 15 is 0 Å². The number of ether oxygens (including phenoxy) is 2. The standard InChI is InChI=1S/C14H19NO4/c1-18-11-7-9(13(17)19-2)6-10(12(11)16)14(8-15)4-3-5-14/h6-7,16H,3-5,8,15H2,1-2H3. The molecule has 1 aliphatic rings. The Morgan fingerprint density at radius 1 is 1.42 bits per heavy atom. The summed E-state index contributed by atoms with van der Waals surface area (Å²) in [6, 6.07) is 3.14. The first-order valence-corrected chi connectivity index (χ1v) is 6.28. The molecule has 19 heavy (non-hydrogen) atoms. The second-order valence-corrected chi connectivity index (χ2v) is 4.90. The molecule has 5 heteroatoms. The molecule has 2 rings (SSSR count). The van der Waals surface area contributed by atoms with E-state index in [0.717, 1.165) is 19.3 Å². The number of methoxy groups -OCH3 is 2. The lowest BCUT2D eigenvalue weighted by atomic mass is 9.64. The van der Waals surface area contributed by atoms with Crippen LogP contribution in [-0.2, 0) is 10.2 Å². The highest BCUT2D eigenvalue weighted by molar-refractivity contribution is 5.90. The number of carbonyl (C=O) groups is 1. The van der Waals surface area contributed by atoms with E-state index < -0.39 is 5.97 Å². The molecule has 0 spiro atoms. The van der Waals surface area contributed by atoms with Crippen molar-refractivity contribution >= 4 is 5.97 Å². The second kappa shape index (κ2) is 5.09. The van der Waals surface area contributed by atoms with E-state index in [0.29, 0.717) is 17.7 Å². The topological polar surface area (TPSA) is 81.8 Å². The maximum absolute atomic E-state index is 11.7. The molecule has 0 aromatic heterocycles. The van der Waals surface area contributed by atoms with Gasteiger partial charge in [-0.25, -0.2) is 4.79 Å². The highest BCUT2D eigenvalue weighted by Crippen LogP contribution is 2.49. The summed E-state index contributed by atoms with van der Waals surface area (Å²) in [5, 5.41) is 10.3. The van der Waals surface area contributed by atoms with Gasteiger partial charge in [0, 0.05) is 17.5 Å². The Kier molecular flexibility index (Phi) is 3.66. The van der Waals surface area contributed by atoms with E-state index in [2.05, 4.69) is 0 Å². The zero-order chi connectivity index (χ0) is 14.0. The summed E-state index contributed by atoms with van der Waals surface area (Å²) in [5.74, 6) is -0.107. The first-order chi connectivity index (χ1) is 9.07. The van der Waals surface area contributed by atoms with Gasteiger partial charge in [-0.15, -0.1) is 0 Å². The highest BCUT2D eigenvalue weighted by atomic mass is 16.5. The van der Waals surface area contributed by atoms with Crippen LogP contribution >= 0.6 is 0 Å². The summed E-state index contributed by atoms with van der Waals surface area (Å²) in [5.41, 5.74) is 6.65. The third-order valence-corrected chi connectivity index (χ3v) is 3.99. The van der Waals surface area contributed by atoms with Crippen molar-refractivity contribution in [1.82, 2.24) is 0 Å². The first kappa shape index (κ1) is 13.7. The molecule has 1 aromatic rings. The van der Waals surface area contributed by atoms with Crippen molar-refractivity contribution in [3.05, 3.63) is 23.3 Å². The van der Waals surface area contributed by atoms with Gasteiger partial charge in [-0.1, -0.05) is 6.42 Å². The molecular weight excluding hydrogens is 246 g/mol. The van der Waals surface area contributed by atoms with Crippen molar-refractivity contribution in [2.24, 2.45) is 5.73 Å². The van der Waals surface area contributed by atoms with Gasteiger partial charge in [0.2, 0.25) is 0 Å². The Balaban J connectivity index is 2.55. The minimum atomic E-state index is -0.453. The number of benzene rings is 1. The maximum Gasteiger partial charge on any atom is 0.337 e. The van der Waals surface area contributed by atoms with Gasteiger partial charge in [0.15, 0.2) is 11.5 Å². The molecule has 1 fully saturated rings. The summed E-state index contributed by atoms with van der Waals surface area (Å²) < 4.78 is 9.85. The third kappa shape index (κ3) is 2.14. The predicted molar refractivity (Wildman–Crippen MR) is 70.6 cm³/mol. The van der Waals surface area contributed by atoms with Gasteiger partial charge in [-0.05, 0) is 25.0 Å². The fourth-order valence-electron chi connectivity index (χ4n) is 2.59. The molecule has 0 amide bonds. The minimum Gasteiger partial charge on any atom is -0.504 e. The molecule has 0 unspecified atom stereocenters. The predicted octanol–water partition coefficient (Wildman–Crippen LogP) is 1.57. The first-order valence-electron chi connectivity index (χ1n) is 6.28. The molecule has 1 saturated carbocycles. The van der Waals surface area contributed by atoms with E-state index in [1.807, 2.05) is 0 Å². The van der Waals surface area contributed by atoms with Crippen molar-refractivity contribution in [3.8, 4) is 11.5 Å². The number of phenols is 1. The Morgan fingerprint density at radius 2 is 2.11 bits per heavy atom. The van der Waals surface area contributed by atoms with Crippen LogP contribution in [0.15, 0.2) is 12.1 Å². The van der Waals surface area contributed by atoms with Crippen LogP contribution in [0.2, 0.25) is 0 Å². The zero-order valence-electron chi connectivity index (χ0n) is 11.2. The van der Waals surface area contributed by atoms with Crippen molar-refractivity contribution in [1.29, 1.82) is 0 Å². The minimum absolute atomic E-state index is 0.0697. The molecule has 0 bridgehead atoms. The third-order valence-electron chi connectivity index (χ3n) is 3.99.